The molecule has 1 aliphatic heterocycles. The molecule has 1 aliphatic rings. The Morgan fingerprint density at radius 2 is 1.76 bits per heavy atom. The van der Waals surface area contributed by atoms with Crippen molar-refractivity contribution in [2.24, 2.45) is 0 Å². The number of hydrogen-bond donors (Lipinski definition) is 3. The lowest BCUT2D eigenvalue weighted by Gasteiger charge is -2.33. The molecule has 1 fully saturated rings. The summed E-state index contributed by atoms with van der Waals surface area (Å²) in [7, 11) is 0. The number of rotatable bonds is 7. The smallest absolute Gasteiger partial charge is 0.329 e. The second-order valence-corrected chi connectivity index (χ2v) is 6.31. The summed E-state index contributed by atoms with van der Waals surface area (Å²) < 4.78 is 5.15. The third-order valence-corrected chi connectivity index (χ3v) is 4.34. The van der Waals surface area contributed by atoms with E-state index in [0.29, 0.717) is 6.42 Å². The van der Waals surface area contributed by atoms with Crippen molar-refractivity contribution < 1.29 is 24.2 Å². The Labute approximate surface area is 146 Å². The number of benzene rings is 1. The minimum absolute atomic E-state index is 0.218. The van der Waals surface area contributed by atoms with Gasteiger partial charge in [0.05, 0.1) is 6.54 Å². The van der Waals surface area contributed by atoms with Crippen LogP contribution in [0.25, 0.3) is 0 Å². The Kier molecular flexibility index (Phi) is 6.52. The molecule has 0 bridgehead atoms. The first-order valence-corrected chi connectivity index (χ1v) is 8.36. The first kappa shape index (κ1) is 18.9. The van der Waals surface area contributed by atoms with Crippen LogP contribution >= 0.6 is 0 Å². The Balaban J connectivity index is 1.75. The molecule has 0 radical (unpaired) electrons. The highest BCUT2D eigenvalue weighted by Gasteiger charge is 2.41. The van der Waals surface area contributed by atoms with E-state index in [1.165, 1.54) is 0 Å². The van der Waals surface area contributed by atoms with Gasteiger partial charge in [-0.15, -0.1) is 0 Å². The standard InChI is InChI=1S/C18H24N2O5/c1-13-2-4-14(5-3-13)6-7-15(21)19-12-16(22)20-18(17(23)24)8-10-25-11-9-18/h2-5H,6-12H2,1H3,(H,19,21)(H,20,22)(H,23,24). The van der Waals surface area contributed by atoms with Crippen LogP contribution in [0.15, 0.2) is 24.3 Å². The van der Waals surface area contributed by atoms with Crippen molar-refractivity contribution in [3.63, 3.8) is 0 Å². The number of carbonyl (C=O) groups excluding carboxylic acids is 2. The molecule has 1 heterocycles. The van der Waals surface area contributed by atoms with Crippen molar-refractivity contribution in [3.05, 3.63) is 35.4 Å². The van der Waals surface area contributed by atoms with E-state index in [2.05, 4.69) is 10.6 Å². The van der Waals surface area contributed by atoms with E-state index in [-0.39, 0.29) is 44.9 Å². The lowest BCUT2D eigenvalue weighted by molar-refractivity contribution is -0.152. The van der Waals surface area contributed by atoms with Gasteiger partial charge < -0.3 is 20.5 Å². The normalized spacial score (nSPS) is 16.0. The summed E-state index contributed by atoms with van der Waals surface area (Å²) >= 11 is 0. The van der Waals surface area contributed by atoms with Gasteiger partial charge in [-0.25, -0.2) is 4.79 Å². The van der Waals surface area contributed by atoms with Gasteiger partial charge in [-0.1, -0.05) is 29.8 Å². The molecule has 1 saturated heterocycles. The molecule has 3 N–H and O–H groups in total. The van der Waals surface area contributed by atoms with Gasteiger partial charge in [0.15, 0.2) is 0 Å². The molecule has 0 aliphatic carbocycles. The van der Waals surface area contributed by atoms with E-state index >= 15 is 0 Å². The SMILES string of the molecule is Cc1ccc(CCC(=O)NCC(=O)NC2(C(=O)O)CCOCC2)cc1. The highest BCUT2D eigenvalue weighted by Crippen LogP contribution is 2.20. The lowest BCUT2D eigenvalue weighted by atomic mass is 9.90. The van der Waals surface area contributed by atoms with Gasteiger partial charge in [-0.3, -0.25) is 9.59 Å². The van der Waals surface area contributed by atoms with E-state index < -0.39 is 17.4 Å². The van der Waals surface area contributed by atoms with Crippen LogP contribution in [0.3, 0.4) is 0 Å². The van der Waals surface area contributed by atoms with Gasteiger partial charge >= 0.3 is 5.97 Å². The summed E-state index contributed by atoms with van der Waals surface area (Å²) in [6, 6.07) is 7.91. The largest absolute Gasteiger partial charge is 0.480 e. The summed E-state index contributed by atoms with van der Waals surface area (Å²) in [5.41, 5.74) is 0.907. The zero-order chi connectivity index (χ0) is 18.3. The summed E-state index contributed by atoms with van der Waals surface area (Å²) in [5, 5.41) is 14.5. The number of aliphatic carboxylic acids is 1. The van der Waals surface area contributed by atoms with Crippen LogP contribution in [-0.4, -0.2) is 48.2 Å². The van der Waals surface area contributed by atoms with Gasteiger partial charge in [-0.05, 0) is 18.9 Å². The molecule has 7 heteroatoms. The lowest BCUT2D eigenvalue weighted by Crippen LogP contribution is -2.59. The molecular weight excluding hydrogens is 324 g/mol. The monoisotopic (exact) mass is 348 g/mol. The first-order chi connectivity index (χ1) is 11.9. The highest BCUT2D eigenvalue weighted by molar-refractivity contribution is 5.90. The van der Waals surface area contributed by atoms with Crippen LogP contribution in [-0.2, 0) is 25.5 Å². The van der Waals surface area contributed by atoms with Gasteiger partial charge in [0.1, 0.15) is 5.54 Å². The van der Waals surface area contributed by atoms with E-state index in [1.807, 2.05) is 31.2 Å². The van der Waals surface area contributed by atoms with Crippen molar-refractivity contribution in [1.82, 2.24) is 10.6 Å². The molecule has 0 spiro atoms. The van der Waals surface area contributed by atoms with Crippen LogP contribution in [0.4, 0.5) is 0 Å². The number of carbonyl (C=O) groups is 3. The average Bonchev–Trinajstić information content (AvgIpc) is 2.60. The van der Waals surface area contributed by atoms with Gasteiger partial charge in [0.2, 0.25) is 11.8 Å². The Hall–Kier alpha value is -2.41. The molecule has 2 amide bonds. The van der Waals surface area contributed by atoms with Crippen LogP contribution in [0, 0.1) is 6.92 Å². The van der Waals surface area contributed by atoms with Crippen molar-refractivity contribution in [2.45, 2.75) is 38.1 Å². The summed E-state index contributed by atoms with van der Waals surface area (Å²) in [6.07, 6.45) is 1.29. The second kappa shape index (κ2) is 8.62. The molecular formula is C18H24N2O5. The zero-order valence-electron chi connectivity index (χ0n) is 14.3. The molecule has 25 heavy (non-hydrogen) atoms. The fourth-order valence-corrected chi connectivity index (χ4v) is 2.70. The maximum Gasteiger partial charge on any atom is 0.329 e. The number of hydrogen-bond acceptors (Lipinski definition) is 4. The van der Waals surface area contributed by atoms with Gasteiger partial charge in [0.25, 0.3) is 0 Å². The maximum atomic E-state index is 12.0. The number of nitrogens with one attached hydrogen (secondary N) is 2. The van der Waals surface area contributed by atoms with Crippen LogP contribution in [0.1, 0.15) is 30.4 Å². The van der Waals surface area contributed by atoms with Gasteiger partial charge in [-0.2, -0.15) is 0 Å². The minimum Gasteiger partial charge on any atom is -0.480 e. The van der Waals surface area contributed by atoms with Crippen LogP contribution < -0.4 is 10.6 Å². The number of amides is 2. The molecule has 2 rings (SSSR count). The quantitative estimate of drug-likeness (QED) is 0.676. The number of ether oxygens (including phenoxy) is 1. The highest BCUT2D eigenvalue weighted by atomic mass is 16.5. The molecule has 1 aromatic rings. The average molecular weight is 348 g/mol. The first-order valence-electron chi connectivity index (χ1n) is 8.36. The Morgan fingerprint density at radius 1 is 1.12 bits per heavy atom. The molecule has 0 atom stereocenters. The molecule has 0 aromatic heterocycles. The fraction of sp³-hybridized carbons (Fsp3) is 0.500. The minimum atomic E-state index is -1.30. The van der Waals surface area contributed by atoms with Crippen molar-refractivity contribution in [3.8, 4) is 0 Å². The predicted octanol–water partition coefficient (Wildman–Crippen LogP) is 0.794. The van der Waals surface area contributed by atoms with Crippen LogP contribution in [0.2, 0.25) is 0 Å². The number of carboxylic acid groups (broad SMARTS) is 1. The number of aryl methyl sites for hydroxylation is 2. The third kappa shape index (κ3) is 5.56. The second-order valence-electron chi connectivity index (χ2n) is 6.31. The van der Waals surface area contributed by atoms with Crippen LogP contribution in [0.5, 0.6) is 0 Å². The molecule has 0 unspecified atom stereocenters. The molecule has 0 saturated carbocycles. The summed E-state index contributed by atoms with van der Waals surface area (Å²) in [5.74, 6) is -1.82. The summed E-state index contributed by atoms with van der Waals surface area (Å²) in [4.78, 5) is 35.3. The number of carboxylic acids is 1. The fourth-order valence-electron chi connectivity index (χ4n) is 2.70. The van der Waals surface area contributed by atoms with E-state index in [1.54, 1.807) is 0 Å². The van der Waals surface area contributed by atoms with Gasteiger partial charge in [0, 0.05) is 32.5 Å². The molecule has 7 nitrogen and oxygen atoms in total. The van der Waals surface area contributed by atoms with Crippen molar-refractivity contribution >= 4 is 17.8 Å². The molecule has 136 valence electrons. The van der Waals surface area contributed by atoms with E-state index in [0.717, 1.165) is 11.1 Å². The van der Waals surface area contributed by atoms with E-state index in [4.69, 9.17) is 4.74 Å². The van der Waals surface area contributed by atoms with E-state index in [9.17, 15) is 19.5 Å². The summed E-state index contributed by atoms with van der Waals surface area (Å²) in [6.45, 7) is 2.34. The Morgan fingerprint density at radius 3 is 2.36 bits per heavy atom. The topological polar surface area (TPSA) is 105 Å². The molecule has 1 aromatic carbocycles. The Bertz CT molecular complexity index is 621. The van der Waals surface area contributed by atoms with Crippen molar-refractivity contribution in [1.29, 1.82) is 0 Å². The van der Waals surface area contributed by atoms with Crippen molar-refractivity contribution in [2.75, 3.05) is 19.8 Å². The predicted molar refractivity (Wildman–Crippen MR) is 91.1 cm³/mol. The zero-order valence-corrected chi connectivity index (χ0v) is 14.3. The third-order valence-electron chi connectivity index (χ3n) is 4.34. The maximum absolute atomic E-state index is 12.0.